The number of thiazole rings is 1. The molecule has 1 aromatic rings. The first-order chi connectivity index (χ1) is 10.1. The lowest BCUT2D eigenvalue weighted by Gasteiger charge is -2.30. The van der Waals surface area contributed by atoms with Crippen LogP contribution in [0.1, 0.15) is 19.0 Å². The second kappa shape index (κ2) is 7.37. The Morgan fingerprint density at radius 3 is 3.00 bits per heavy atom. The Balaban J connectivity index is 1.99. The smallest absolute Gasteiger partial charge is 0.318 e. The SMILES string of the molecule is CCCN(C(=O)NCc1cscn1)C1COCC1C(=O)O. The molecule has 1 aliphatic heterocycles. The van der Waals surface area contributed by atoms with Crippen molar-refractivity contribution in [3.63, 3.8) is 0 Å². The first-order valence-corrected chi connectivity index (χ1v) is 7.79. The van der Waals surface area contributed by atoms with Crippen LogP contribution < -0.4 is 5.32 Å². The number of amides is 2. The van der Waals surface area contributed by atoms with Crippen molar-refractivity contribution in [2.24, 2.45) is 5.92 Å². The van der Waals surface area contributed by atoms with Gasteiger partial charge in [-0.25, -0.2) is 9.78 Å². The van der Waals surface area contributed by atoms with Gasteiger partial charge in [-0.1, -0.05) is 6.92 Å². The van der Waals surface area contributed by atoms with Gasteiger partial charge >= 0.3 is 12.0 Å². The molecule has 0 saturated carbocycles. The second-order valence-corrected chi connectivity index (χ2v) is 5.60. The molecule has 1 aliphatic rings. The van der Waals surface area contributed by atoms with Crippen molar-refractivity contribution in [3.8, 4) is 0 Å². The summed E-state index contributed by atoms with van der Waals surface area (Å²) in [7, 11) is 0. The number of hydrogen-bond donors (Lipinski definition) is 2. The fourth-order valence-corrected chi connectivity index (χ4v) is 2.90. The molecular formula is C13H19N3O4S. The molecule has 21 heavy (non-hydrogen) atoms. The van der Waals surface area contributed by atoms with E-state index in [4.69, 9.17) is 4.74 Å². The number of hydrogen-bond acceptors (Lipinski definition) is 5. The molecule has 0 spiro atoms. The minimum Gasteiger partial charge on any atom is -0.481 e. The number of rotatable bonds is 6. The van der Waals surface area contributed by atoms with Gasteiger partial charge in [-0.3, -0.25) is 4.79 Å². The minimum atomic E-state index is -0.925. The Bertz CT molecular complexity index is 480. The molecule has 2 amide bonds. The highest BCUT2D eigenvalue weighted by molar-refractivity contribution is 7.07. The lowest BCUT2D eigenvalue weighted by atomic mass is 10.0. The van der Waals surface area contributed by atoms with Crippen LogP contribution in [0.4, 0.5) is 4.79 Å². The van der Waals surface area contributed by atoms with Crippen molar-refractivity contribution in [1.82, 2.24) is 15.2 Å². The minimum absolute atomic E-state index is 0.152. The van der Waals surface area contributed by atoms with E-state index in [1.54, 1.807) is 10.4 Å². The van der Waals surface area contributed by atoms with Gasteiger partial charge in [0.1, 0.15) is 5.92 Å². The lowest BCUT2D eigenvalue weighted by Crippen LogP contribution is -2.50. The van der Waals surface area contributed by atoms with Crippen molar-refractivity contribution in [2.75, 3.05) is 19.8 Å². The topological polar surface area (TPSA) is 91.8 Å². The Labute approximate surface area is 126 Å². The third-order valence-electron chi connectivity index (χ3n) is 3.40. The number of aromatic nitrogens is 1. The molecule has 0 aromatic carbocycles. The summed E-state index contributed by atoms with van der Waals surface area (Å²) in [6.45, 7) is 3.21. The zero-order valence-electron chi connectivity index (χ0n) is 11.8. The highest BCUT2D eigenvalue weighted by Crippen LogP contribution is 2.20. The van der Waals surface area contributed by atoms with E-state index in [1.165, 1.54) is 11.3 Å². The molecule has 8 heteroatoms. The predicted molar refractivity (Wildman–Crippen MR) is 77.1 cm³/mol. The summed E-state index contributed by atoms with van der Waals surface area (Å²) in [5.74, 6) is -1.59. The second-order valence-electron chi connectivity index (χ2n) is 4.88. The number of nitrogens with zero attached hydrogens (tertiary/aromatic N) is 2. The molecule has 116 valence electrons. The van der Waals surface area contributed by atoms with E-state index in [2.05, 4.69) is 10.3 Å². The Morgan fingerprint density at radius 1 is 1.57 bits per heavy atom. The van der Waals surface area contributed by atoms with Crippen LogP contribution in [0.15, 0.2) is 10.9 Å². The maximum atomic E-state index is 12.3. The molecule has 2 heterocycles. The Hall–Kier alpha value is -1.67. The van der Waals surface area contributed by atoms with Crippen LogP contribution >= 0.6 is 11.3 Å². The first-order valence-electron chi connectivity index (χ1n) is 6.85. The van der Waals surface area contributed by atoms with E-state index < -0.39 is 17.9 Å². The van der Waals surface area contributed by atoms with Crippen LogP contribution in [0.3, 0.4) is 0 Å². The highest BCUT2D eigenvalue weighted by atomic mass is 32.1. The third-order valence-corrected chi connectivity index (χ3v) is 4.03. The fraction of sp³-hybridized carbons (Fsp3) is 0.615. The van der Waals surface area contributed by atoms with Crippen molar-refractivity contribution in [2.45, 2.75) is 25.9 Å². The summed E-state index contributed by atoms with van der Waals surface area (Å²) in [4.78, 5) is 29.2. The lowest BCUT2D eigenvalue weighted by molar-refractivity contribution is -0.142. The Kier molecular flexibility index (Phi) is 5.51. The third kappa shape index (κ3) is 3.92. The fourth-order valence-electron chi connectivity index (χ4n) is 2.34. The molecule has 1 aromatic heterocycles. The zero-order valence-corrected chi connectivity index (χ0v) is 12.6. The van der Waals surface area contributed by atoms with Gasteiger partial charge in [-0.2, -0.15) is 0 Å². The average Bonchev–Trinajstić information content (AvgIpc) is 3.12. The quantitative estimate of drug-likeness (QED) is 0.822. The van der Waals surface area contributed by atoms with Gasteiger partial charge in [0.2, 0.25) is 0 Å². The largest absolute Gasteiger partial charge is 0.481 e. The molecule has 2 unspecified atom stereocenters. The van der Waals surface area contributed by atoms with Crippen LogP contribution in [0.25, 0.3) is 0 Å². The highest BCUT2D eigenvalue weighted by Gasteiger charge is 2.39. The van der Waals surface area contributed by atoms with Gasteiger partial charge in [-0.05, 0) is 6.42 Å². The number of urea groups is 1. The molecular weight excluding hydrogens is 294 g/mol. The van der Waals surface area contributed by atoms with Crippen molar-refractivity contribution in [3.05, 3.63) is 16.6 Å². The van der Waals surface area contributed by atoms with E-state index in [0.717, 1.165) is 12.1 Å². The molecule has 0 aliphatic carbocycles. The summed E-state index contributed by atoms with van der Waals surface area (Å²) >= 11 is 1.47. The van der Waals surface area contributed by atoms with Gasteiger partial charge in [0.15, 0.2) is 0 Å². The summed E-state index contributed by atoms with van der Waals surface area (Å²) in [5, 5.41) is 13.9. The summed E-state index contributed by atoms with van der Waals surface area (Å²) in [6, 6.07) is -0.690. The number of ether oxygens (including phenoxy) is 1. The number of carbonyl (C=O) groups is 2. The van der Waals surface area contributed by atoms with E-state index in [-0.39, 0.29) is 19.2 Å². The van der Waals surface area contributed by atoms with Crippen LogP contribution in [-0.4, -0.2) is 52.8 Å². The monoisotopic (exact) mass is 313 g/mol. The molecule has 2 atom stereocenters. The van der Waals surface area contributed by atoms with Crippen LogP contribution in [-0.2, 0) is 16.1 Å². The van der Waals surface area contributed by atoms with Crippen LogP contribution in [0, 0.1) is 5.92 Å². The predicted octanol–water partition coefficient (Wildman–Crippen LogP) is 1.16. The number of carbonyl (C=O) groups excluding carboxylic acids is 1. The number of carboxylic acids is 1. The van der Waals surface area contributed by atoms with E-state index in [0.29, 0.717) is 13.1 Å². The molecule has 7 nitrogen and oxygen atoms in total. The van der Waals surface area contributed by atoms with Crippen LogP contribution in [0.2, 0.25) is 0 Å². The van der Waals surface area contributed by atoms with E-state index >= 15 is 0 Å². The molecule has 0 bridgehead atoms. The molecule has 2 N–H and O–H groups in total. The van der Waals surface area contributed by atoms with E-state index in [9.17, 15) is 14.7 Å². The van der Waals surface area contributed by atoms with E-state index in [1.807, 2.05) is 12.3 Å². The van der Waals surface area contributed by atoms with Gasteiger partial charge in [0.25, 0.3) is 0 Å². The summed E-state index contributed by atoms with van der Waals surface area (Å²) < 4.78 is 5.25. The maximum absolute atomic E-state index is 12.3. The molecule has 2 rings (SSSR count). The standard InChI is InChI=1S/C13H19N3O4S/c1-2-3-16(11-6-20-5-10(11)12(17)18)13(19)14-4-9-7-21-8-15-9/h7-8,10-11H,2-6H2,1H3,(H,14,19)(H,17,18). The first kappa shape index (κ1) is 15.7. The zero-order chi connectivity index (χ0) is 15.2. The normalized spacial score (nSPS) is 21.2. The Morgan fingerprint density at radius 2 is 2.38 bits per heavy atom. The molecule has 1 saturated heterocycles. The van der Waals surface area contributed by atoms with Crippen LogP contribution in [0.5, 0.6) is 0 Å². The number of aliphatic carboxylic acids is 1. The average molecular weight is 313 g/mol. The van der Waals surface area contributed by atoms with Gasteiger partial charge in [0.05, 0.1) is 37.0 Å². The number of carboxylic acid groups (broad SMARTS) is 1. The molecule has 1 fully saturated rings. The van der Waals surface area contributed by atoms with Crippen molar-refractivity contribution < 1.29 is 19.4 Å². The molecule has 0 radical (unpaired) electrons. The number of nitrogens with one attached hydrogen (secondary N) is 1. The van der Waals surface area contributed by atoms with Gasteiger partial charge in [-0.15, -0.1) is 11.3 Å². The summed E-state index contributed by atoms with van der Waals surface area (Å²) in [5.41, 5.74) is 2.50. The van der Waals surface area contributed by atoms with Crippen molar-refractivity contribution >= 4 is 23.3 Å². The summed E-state index contributed by atoms with van der Waals surface area (Å²) in [6.07, 6.45) is 0.757. The van der Waals surface area contributed by atoms with Gasteiger partial charge in [0, 0.05) is 11.9 Å². The van der Waals surface area contributed by atoms with Gasteiger partial charge < -0.3 is 20.1 Å². The van der Waals surface area contributed by atoms with Crippen molar-refractivity contribution in [1.29, 1.82) is 0 Å². The maximum Gasteiger partial charge on any atom is 0.318 e.